The number of hydrogen-bond acceptors (Lipinski definition) is 7. The number of piperazine rings is 1. The van der Waals surface area contributed by atoms with Crippen LogP contribution in [0.1, 0.15) is 20.0 Å². The molecule has 2 heterocycles. The van der Waals surface area contributed by atoms with E-state index in [4.69, 9.17) is 4.74 Å². The molecule has 9 nitrogen and oxygen atoms in total. The summed E-state index contributed by atoms with van der Waals surface area (Å²) in [5.41, 5.74) is 0.460. The lowest BCUT2D eigenvalue weighted by Gasteiger charge is -2.36. The van der Waals surface area contributed by atoms with Crippen molar-refractivity contribution in [1.29, 1.82) is 0 Å². The van der Waals surface area contributed by atoms with Crippen LogP contribution in [-0.2, 0) is 14.6 Å². The van der Waals surface area contributed by atoms with Crippen LogP contribution in [0.5, 0.6) is 5.75 Å². The fourth-order valence-corrected chi connectivity index (χ4v) is 5.96. The summed E-state index contributed by atoms with van der Waals surface area (Å²) in [6, 6.07) is 17.6. The summed E-state index contributed by atoms with van der Waals surface area (Å²) in [6.45, 7) is 0.700. The van der Waals surface area contributed by atoms with Crippen molar-refractivity contribution in [1.82, 2.24) is 15.1 Å². The van der Waals surface area contributed by atoms with Crippen LogP contribution in [0.25, 0.3) is 0 Å². The lowest BCUT2D eigenvalue weighted by Crippen LogP contribution is -2.57. The van der Waals surface area contributed by atoms with E-state index in [1.807, 2.05) is 0 Å². The number of carbonyl (C=O) groups is 3. The molecule has 1 N–H and O–H groups in total. The number of amides is 3. The Hall–Kier alpha value is -3.70. The summed E-state index contributed by atoms with van der Waals surface area (Å²) >= 11 is 1.15. The van der Waals surface area contributed by atoms with Crippen LogP contribution >= 0.6 is 11.3 Å². The quantitative estimate of drug-likeness (QED) is 0.504. The van der Waals surface area contributed by atoms with Gasteiger partial charge in [0.05, 0.1) is 16.9 Å². The van der Waals surface area contributed by atoms with E-state index in [2.05, 4.69) is 5.32 Å². The second kappa shape index (κ2) is 10.9. The van der Waals surface area contributed by atoms with E-state index in [-0.39, 0.29) is 37.0 Å². The highest BCUT2D eigenvalue weighted by Crippen LogP contribution is 2.20. The number of thiophene rings is 1. The summed E-state index contributed by atoms with van der Waals surface area (Å²) in [5.74, 6) is -1.03. The van der Waals surface area contributed by atoms with Crippen LogP contribution in [0.4, 0.5) is 0 Å². The van der Waals surface area contributed by atoms with Crippen molar-refractivity contribution in [2.24, 2.45) is 0 Å². The molecule has 0 unspecified atom stereocenters. The van der Waals surface area contributed by atoms with E-state index in [0.29, 0.717) is 16.2 Å². The van der Waals surface area contributed by atoms with E-state index in [1.54, 1.807) is 64.9 Å². The van der Waals surface area contributed by atoms with Gasteiger partial charge in [0.1, 0.15) is 5.75 Å². The molecule has 1 fully saturated rings. The summed E-state index contributed by atoms with van der Waals surface area (Å²) in [5, 5.41) is 2.32. The molecule has 11 heteroatoms. The zero-order valence-electron chi connectivity index (χ0n) is 19.5. The van der Waals surface area contributed by atoms with Crippen molar-refractivity contribution < 1.29 is 27.5 Å². The molecule has 2 aromatic carbocycles. The molecule has 188 valence electrons. The van der Waals surface area contributed by atoms with Gasteiger partial charge < -0.3 is 19.9 Å². The maximum absolute atomic E-state index is 13.5. The molecule has 1 aliphatic heterocycles. The molecule has 1 atom stereocenters. The second-order valence-corrected chi connectivity index (χ2v) is 11.0. The minimum atomic E-state index is -4.23. The number of hydrogen-bond donors (Lipinski definition) is 1. The number of nitrogens with one attached hydrogen (secondary N) is 1. The van der Waals surface area contributed by atoms with Crippen molar-refractivity contribution in [3.05, 3.63) is 82.6 Å². The average Bonchev–Trinajstić information content (AvgIpc) is 3.47. The van der Waals surface area contributed by atoms with E-state index in [1.165, 1.54) is 24.1 Å². The topological polar surface area (TPSA) is 113 Å². The maximum atomic E-state index is 13.5. The normalized spacial score (nSPS) is 14.7. The molecular formula is C25H25N3O6S2. The second-order valence-electron chi connectivity index (χ2n) is 8.04. The molecular weight excluding hydrogens is 502 g/mol. The van der Waals surface area contributed by atoms with E-state index >= 15 is 0 Å². The van der Waals surface area contributed by atoms with Crippen LogP contribution in [-0.4, -0.2) is 74.6 Å². The van der Waals surface area contributed by atoms with Gasteiger partial charge in [-0.05, 0) is 41.8 Å². The van der Waals surface area contributed by atoms with Crippen molar-refractivity contribution in [3.8, 4) is 5.75 Å². The molecule has 1 aliphatic rings. The fourth-order valence-electron chi connectivity index (χ4n) is 3.85. The molecule has 0 saturated carbocycles. The Bertz CT molecular complexity index is 1340. The molecule has 0 radical (unpaired) electrons. The molecule has 1 aromatic heterocycles. The van der Waals surface area contributed by atoms with Crippen molar-refractivity contribution in [2.45, 2.75) is 10.3 Å². The lowest BCUT2D eigenvalue weighted by molar-refractivity contribution is -0.132. The largest absolute Gasteiger partial charge is 0.497 e. The number of methoxy groups -OCH3 is 1. The Morgan fingerprint density at radius 2 is 1.61 bits per heavy atom. The molecule has 4 rings (SSSR count). The van der Waals surface area contributed by atoms with Crippen LogP contribution in [0, 0.1) is 0 Å². The minimum absolute atomic E-state index is 0.0679. The third-order valence-electron chi connectivity index (χ3n) is 5.81. The number of nitrogens with zero attached hydrogens (tertiary/aromatic N) is 2. The van der Waals surface area contributed by atoms with Gasteiger partial charge in [0.2, 0.25) is 15.2 Å². The SMILES string of the molecule is COc1cccc(C(=O)N2CCN(C(=O)[C@@H](NC(=O)c3cccs3)S(=O)(=O)c3ccccc3)CC2)c1. The highest BCUT2D eigenvalue weighted by atomic mass is 32.2. The van der Waals surface area contributed by atoms with Crippen molar-refractivity contribution in [2.75, 3.05) is 33.3 Å². The van der Waals surface area contributed by atoms with Crippen molar-refractivity contribution in [3.63, 3.8) is 0 Å². The predicted octanol–water partition coefficient (Wildman–Crippen LogP) is 2.27. The van der Waals surface area contributed by atoms with E-state index in [0.717, 1.165) is 11.3 Å². The highest BCUT2D eigenvalue weighted by molar-refractivity contribution is 7.92. The molecule has 0 aliphatic carbocycles. The highest BCUT2D eigenvalue weighted by Gasteiger charge is 2.39. The van der Waals surface area contributed by atoms with Gasteiger partial charge in [-0.15, -0.1) is 11.3 Å². The molecule has 0 bridgehead atoms. The van der Waals surface area contributed by atoms with Gasteiger partial charge >= 0.3 is 0 Å². The molecule has 3 amide bonds. The summed E-state index contributed by atoms with van der Waals surface area (Å²) in [7, 11) is -2.71. The molecule has 36 heavy (non-hydrogen) atoms. The Balaban J connectivity index is 1.51. The number of benzene rings is 2. The van der Waals surface area contributed by atoms with Crippen molar-refractivity contribution >= 4 is 38.9 Å². The van der Waals surface area contributed by atoms with Gasteiger partial charge in [-0.2, -0.15) is 0 Å². The van der Waals surface area contributed by atoms with Gasteiger partial charge in [0, 0.05) is 31.7 Å². The minimum Gasteiger partial charge on any atom is -0.497 e. The van der Waals surface area contributed by atoms with Gasteiger partial charge in [0.25, 0.3) is 17.7 Å². The monoisotopic (exact) mass is 527 g/mol. The standard InChI is InChI=1S/C25H25N3O6S2/c1-34-19-8-5-7-18(17-19)24(30)27-12-14-28(15-13-27)25(31)23(26-22(29)21-11-6-16-35-21)36(32,33)20-9-3-2-4-10-20/h2-11,16-17,23H,12-15H2,1H3,(H,26,29)/t23-/m0/s1. The van der Waals surface area contributed by atoms with Gasteiger partial charge in [-0.25, -0.2) is 8.42 Å². The van der Waals surface area contributed by atoms with Crippen LogP contribution in [0.2, 0.25) is 0 Å². The fraction of sp³-hybridized carbons (Fsp3) is 0.240. The summed E-state index contributed by atoms with van der Waals surface area (Å²) in [4.78, 5) is 42.3. The van der Waals surface area contributed by atoms with Gasteiger partial charge in [-0.3, -0.25) is 14.4 Å². The number of sulfone groups is 1. The predicted molar refractivity (Wildman–Crippen MR) is 135 cm³/mol. The number of ether oxygens (including phenoxy) is 1. The van der Waals surface area contributed by atoms with E-state index < -0.39 is 27.0 Å². The Morgan fingerprint density at radius 3 is 2.25 bits per heavy atom. The molecule has 3 aromatic rings. The third kappa shape index (κ3) is 5.42. The Morgan fingerprint density at radius 1 is 0.917 bits per heavy atom. The Labute approximate surface area is 213 Å². The van der Waals surface area contributed by atoms with Crippen LogP contribution < -0.4 is 10.1 Å². The molecule has 0 spiro atoms. The van der Waals surface area contributed by atoms with E-state index in [9.17, 15) is 22.8 Å². The van der Waals surface area contributed by atoms with Crippen LogP contribution in [0.15, 0.2) is 77.0 Å². The zero-order chi connectivity index (χ0) is 25.7. The first-order valence-corrected chi connectivity index (χ1v) is 13.6. The average molecular weight is 528 g/mol. The first-order chi connectivity index (χ1) is 17.3. The Kier molecular flexibility index (Phi) is 7.70. The lowest BCUT2D eigenvalue weighted by atomic mass is 10.1. The summed E-state index contributed by atoms with van der Waals surface area (Å²) in [6.07, 6.45) is 0. The molecule has 1 saturated heterocycles. The first kappa shape index (κ1) is 25.4. The van der Waals surface area contributed by atoms with Gasteiger partial charge in [-0.1, -0.05) is 30.3 Å². The smallest absolute Gasteiger partial charge is 0.262 e. The first-order valence-electron chi connectivity index (χ1n) is 11.2. The third-order valence-corrected chi connectivity index (χ3v) is 8.55. The maximum Gasteiger partial charge on any atom is 0.262 e. The number of carbonyl (C=O) groups excluding carboxylic acids is 3. The zero-order valence-corrected chi connectivity index (χ0v) is 21.1. The number of rotatable bonds is 7. The summed E-state index contributed by atoms with van der Waals surface area (Å²) < 4.78 is 32.0. The van der Waals surface area contributed by atoms with Crippen LogP contribution in [0.3, 0.4) is 0 Å². The van der Waals surface area contributed by atoms with Gasteiger partial charge in [0.15, 0.2) is 0 Å².